The number of benzene rings is 1. The summed E-state index contributed by atoms with van der Waals surface area (Å²) in [6.07, 6.45) is 0.701. The molecule has 0 aliphatic heterocycles. The Morgan fingerprint density at radius 1 is 1.30 bits per heavy atom. The van der Waals surface area contributed by atoms with Crippen molar-refractivity contribution in [1.82, 2.24) is 5.32 Å². The maximum Gasteiger partial charge on any atom is 0.289 e. The van der Waals surface area contributed by atoms with Crippen molar-refractivity contribution in [2.24, 2.45) is 0 Å². The second-order valence-corrected chi connectivity index (χ2v) is 7.06. The van der Waals surface area contributed by atoms with Gasteiger partial charge in [-0.05, 0) is 37.1 Å². The fraction of sp³-hybridized carbons (Fsp3) is 0.263. The molecular weight excluding hydrogens is 362 g/mol. The fourth-order valence-corrected chi connectivity index (χ4v) is 3.25. The van der Waals surface area contributed by atoms with Gasteiger partial charge >= 0.3 is 0 Å². The Balaban J connectivity index is 1.93. The molecule has 1 heterocycles. The first kappa shape index (κ1) is 20.1. The van der Waals surface area contributed by atoms with Crippen molar-refractivity contribution in [3.63, 3.8) is 0 Å². The van der Waals surface area contributed by atoms with Gasteiger partial charge in [0.05, 0.1) is 12.4 Å². The number of nitrogens with one attached hydrogen (secondary N) is 2. The molecule has 0 bridgehead atoms. The van der Waals surface area contributed by atoms with E-state index in [4.69, 9.17) is 15.7 Å². The third kappa shape index (κ3) is 5.37. The van der Waals surface area contributed by atoms with Crippen molar-refractivity contribution < 1.29 is 14.5 Å². The standard InChI is InChI=1S/C19H19N5O2S/c1-12(27-19-15(11-21)9-14(10-20)17(22)24-19)18(25)23-8-7-13-3-5-16(26-2)6-4-13/h3-6,9,12H,7-8H2,1-2H3,(H2,22,24)(H,23,25)/p+1/t12-/m0/s1. The number of nitriles is 2. The quantitative estimate of drug-likeness (QED) is 0.702. The Kier molecular flexibility index (Phi) is 7.04. The number of aromatic amines is 1. The SMILES string of the molecule is COc1ccc(CCNC(=O)[C@H](C)Sc2[nH+]c(N)c(C#N)cc2C#N)cc1. The Labute approximate surface area is 162 Å². The summed E-state index contributed by atoms with van der Waals surface area (Å²) in [5, 5.41) is 21.1. The number of H-pyrrole nitrogens is 1. The maximum absolute atomic E-state index is 12.3. The zero-order valence-electron chi connectivity index (χ0n) is 15.1. The smallest absolute Gasteiger partial charge is 0.289 e. The number of pyridine rings is 1. The average Bonchev–Trinajstić information content (AvgIpc) is 2.68. The normalized spacial score (nSPS) is 11.1. The molecule has 0 saturated carbocycles. The van der Waals surface area contributed by atoms with Gasteiger partial charge in [0.2, 0.25) is 5.91 Å². The lowest BCUT2D eigenvalue weighted by molar-refractivity contribution is -0.410. The molecule has 1 aromatic carbocycles. The van der Waals surface area contributed by atoms with Crippen LogP contribution in [-0.4, -0.2) is 24.8 Å². The summed E-state index contributed by atoms with van der Waals surface area (Å²) in [4.78, 5) is 15.1. The van der Waals surface area contributed by atoms with Crippen molar-refractivity contribution in [2.45, 2.75) is 23.6 Å². The largest absolute Gasteiger partial charge is 0.497 e. The minimum Gasteiger partial charge on any atom is -0.497 e. The number of thioether (sulfide) groups is 1. The first-order chi connectivity index (χ1) is 13.0. The molecule has 1 amide bonds. The number of rotatable bonds is 7. The molecule has 27 heavy (non-hydrogen) atoms. The minimum atomic E-state index is -0.434. The van der Waals surface area contributed by atoms with Crippen LogP contribution in [0, 0.1) is 22.7 Å². The number of hydrogen-bond acceptors (Lipinski definition) is 6. The molecule has 0 spiro atoms. The van der Waals surface area contributed by atoms with Crippen molar-refractivity contribution in [3.05, 3.63) is 47.0 Å². The fourth-order valence-electron chi connectivity index (χ4n) is 2.31. The third-order valence-corrected chi connectivity index (χ3v) is 4.97. The van der Waals surface area contributed by atoms with E-state index < -0.39 is 5.25 Å². The van der Waals surface area contributed by atoms with Gasteiger partial charge in [-0.3, -0.25) is 10.5 Å². The molecule has 1 atom stereocenters. The van der Waals surface area contributed by atoms with E-state index in [0.29, 0.717) is 18.0 Å². The van der Waals surface area contributed by atoms with Crippen LogP contribution in [0.2, 0.25) is 0 Å². The number of nitrogen functional groups attached to an aromatic ring is 1. The lowest BCUT2D eigenvalue weighted by Crippen LogP contribution is -2.33. The molecule has 0 fully saturated rings. The van der Waals surface area contributed by atoms with Gasteiger partial charge in [-0.2, -0.15) is 10.5 Å². The van der Waals surface area contributed by atoms with E-state index in [-0.39, 0.29) is 22.9 Å². The van der Waals surface area contributed by atoms with E-state index in [1.165, 1.54) is 17.8 Å². The van der Waals surface area contributed by atoms with Gasteiger partial charge in [-0.25, -0.2) is 4.98 Å². The molecule has 2 aromatic rings. The molecule has 4 N–H and O–H groups in total. The van der Waals surface area contributed by atoms with E-state index in [1.807, 2.05) is 36.4 Å². The van der Waals surface area contributed by atoms with Crippen LogP contribution in [0.1, 0.15) is 23.6 Å². The lowest BCUT2D eigenvalue weighted by atomic mass is 10.1. The molecule has 0 aliphatic rings. The zero-order valence-corrected chi connectivity index (χ0v) is 15.9. The van der Waals surface area contributed by atoms with Crippen LogP contribution in [0.3, 0.4) is 0 Å². The molecule has 0 saturated heterocycles. The van der Waals surface area contributed by atoms with Gasteiger partial charge in [-0.1, -0.05) is 23.9 Å². The Bertz CT molecular complexity index is 900. The monoisotopic (exact) mass is 382 g/mol. The highest BCUT2D eigenvalue weighted by molar-refractivity contribution is 8.00. The van der Waals surface area contributed by atoms with Gasteiger partial charge in [0.1, 0.15) is 29.0 Å². The number of ether oxygens (including phenoxy) is 1. The molecule has 7 nitrogen and oxygen atoms in total. The second-order valence-electron chi connectivity index (χ2n) is 5.71. The van der Waals surface area contributed by atoms with Gasteiger partial charge in [0.15, 0.2) is 5.03 Å². The molecule has 0 unspecified atom stereocenters. The summed E-state index contributed by atoms with van der Waals surface area (Å²) in [6.45, 7) is 2.25. The first-order valence-corrected chi connectivity index (χ1v) is 9.09. The highest BCUT2D eigenvalue weighted by atomic mass is 32.2. The summed E-state index contributed by atoms with van der Waals surface area (Å²) in [7, 11) is 1.62. The summed E-state index contributed by atoms with van der Waals surface area (Å²) in [5.74, 6) is 0.818. The molecule has 0 aliphatic carbocycles. The summed E-state index contributed by atoms with van der Waals surface area (Å²) in [6, 6.07) is 13.0. The Hall–Kier alpha value is -3.23. The number of anilines is 1. The molecule has 138 valence electrons. The van der Waals surface area contributed by atoms with Crippen molar-refractivity contribution in [2.75, 3.05) is 19.4 Å². The predicted molar refractivity (Wildman–Crippen MR) is 102 cm³/mol. The van der Waals surface area contributed by atoms with E-state index >= 15 is 0 Å². The predicted octanol–water partition coefficient (Wildman–Crippen LogP) is 1.67. The lowest BCUT2D eigenvalue weighted by Gasteiger charge is -2.12. The van der Waals surface area contributed by atoms with Gasteiger partial charge in [-0.15, -0.1) is 0 Å². The van der Waals surface area contributed by atoms with E-state index in [2.05, 4.69) is 10.3 Å². The van der Waals surface area contributed by atoms with Crippen molar-refractivity contribution in [1.29, 1.82) is 10.5 Å². The van der Waals surface area contributed by atoms with Crippen LogP contribution in [0.5, 0.6) is 5.75 Å². The molecule has 0 radical (unpaired) electrons. The van der Waals surface area contributed by atoms with E-state index in [9.17, 15) is 10.1 Å². The van der Waals surface area contributed by atoms with E-state index in [1.54, 1.807) is 14.0 Å². The Morgan fingerprint density at radius 3 is 2.56 bits per heavy atom. The summed E-state index contributed by atoms with van der Waals surface area (Å²) < 4.78 is 5.12. The number of hydrogen-bond donors (Lipinski definition) is 2. The number of methoxy groups -OCH3 is 1. The number of carbonyl (C=O) groups excluding carboxylic acids is 1. The van der Waals surface area contributed by atoms with Crippen LogP contribution in [0.4, 0.5) is 5.82 Å². The van der Waals surface area contributed by atoms with Crippen molar-refractivity contribution in [3.8, 4) is 17.9 Å². The van der Waals surface area contributed by atoms with Crippen LogP contribution < -0.4 is 20.8 Å². The van der Waals surface area contributed by atoms with Crippen LogP contribution in [0.15, 0.2) is 35.4 Å². The van der Waals surface area contributed by atoms with E-state index in [0.717, 1.165) is 11.3 Å². The molecule has 1 aromatic heterocycles. The van der Waals surface area contributed by atoms with Crippen LogP contribution in [-0.2, 0) is 11.2 Å². The van der Waals surface area contributed by atoms with Gasteiger partial charge in [0.25, 0.3) is 5.82 Å². The van der Waals surface area contributed by atoms with Gasteiger partial charge < -0.3 is 10.1 Å². The Morgan fingerprint density at radius 2 is 1.96 bits per heavy atom. The maximum atomic E-state index is 12.3. The number of aromatic nitrogens is 1. The molecule has 8 heteroatoms. The first-order valence-electron chi connectivity index (χ1n) is 8.21. The number of nitrogens with zero attached hydrogens (tertiary/aromatic N) is 2. The topological polar surface area (TPSA) is 126 Å². The average molecular weight is 382 g/mol. The zero-order chi connectivity index (χ0) is 19.8. The summed E-state index contributed by atoms with van der Waals surface area (Å²) in [5.41, 5.74) is 7.34. The summed E-state index contributed by atoms with van der Waals surface area (Å²) >= 11 is 1.19. The second kappa shape index (κ2) is 9.46. The number of amides is 1. The third-order valence-electron chi connectivity index (χ3n) is 3.85. The van der Waals surface area contributed by atoms with Gasteiger partial charge in [0, 0.05) is 6.54 Å². The highest BCUT2D eigenvalue weighted by Gasteiger charge is 2.21. The highest BCUT2D eigenvalue weighted by Crippen LogP contribution is 2.24. The van der Waals surface area contributed by atoms with Crippen molar-refractivity contribution >= 4 is 23.5 Å². The van der Waals surface area contributed by atoms with Crippen LogP contribution in [0.25, 0.3) is 0 Å². The minimum absolute atomic E-state index is 0.145. The molecule has 2 rings (SSSR count). The molecular formula is C19H20N5O2S+. The number of nitrogens with two attached hydrogens (primary N) is 1. The van der Waals surface area contributed by atoms with Crippen LogP contribution >= 0.6 is 11.8 Å². The number of carbonyl (C=O) groups is 1.